The zero-order valence-corrected chi connectivity index (χ0v) is 14.4. The van der Waals surface area contributed by atoms with Crippen LogP contribution in [0, 0.1) is 0 Å². The van der Waals surface area contributed by atoms with Crippen LogP contribution < -0.4 is 5.32 Å². The molecule has 0 aromatic heterocycles. The Kier molecular flexibility index (Phi) is 14.9. The molecule has 0 spiro atoms. The van der Waals surface area contributed by atoms with Crippen LogP contribution >= 0.6 is 0 Å². The van der Waals surface area contributed by atoms with E-state index in [4.69, 9.17) is 35.7 Å². The molecule has 0 aliphatic heterocycles. The van der Waals surface area contributed by atoms with Gasteiger partial charge in [-0.15, -0.1) is 0 Å². The fourth-order valence-corrected chi connectivity index (χ4v) is 1.60. The molecule has 0 saturated carbocycles. The van der Waals surface area contributed by atoms with E-state index >= 15 is 0 Å². The second-order valence-electron chi connectivity index (χ2n) is 5.45. The minimum Gasteiger partial charge on any atom is -0.394 e. The van der Waals surface area contributed by atoms with E-state index in [1.807, 2.05) is 0 Å². The van der Waals surface area contributed by atoms with Crippen LogP contribution in [0.4, 0.5) is 0 Å². The monoisotopic (exact) mass is 401 g/mol. The van der Waals surface area contributed by atoms with E-state index in [-0.39, 0.29) is 12.6 Å². The summed E-state index contributed by atoms with van der Waals surface area (Å²) in [4.78, 5) is 31.0. The number of nitrogens with one attached hydrogen (secondary N) is 1. The van der Waals surface area contributed by atoms with Crippen LogP contribution in [0.5, 0.6) is 0 Å². The molecule has 0 heterocycles. The number of amides is 1. The molecule has 0 aliphatic rings. The topological polar surface area (TPSA) is 245 Å². The van der Waals surface area contributed by atoms with E-state index in [0.29, 0.717) is 0 Å². The number of rotatable bonds is 11. The van der Waals surface area contributed by atoms with Crippen LogP contribution in [0.1, 0.15) is 6.92 Å². The maximum Gasteiger partial charge on any atom is 0.217 e. The van der Waals surface area contributed by atoms with Gasteiger partial charge in [-0.25, -0.2) is 0 Å². The summed E-state index contributed by atoms with van der Waals surface area (Å²) in [7, 11) is 0. The fraction of sp³-hybridized carbons (Fsp3) is 0.786. The van der Waals surface area contributed by atoms with Gasteiger partial charge in [-0.2, -0.15) is 0 Å². The fourth-order valence-electron chi connectivity index (χ4n) is 1.60. The third kappa shape index (κ3) is 10.4. The third-order valence-electron chi connectivity index (χ3n) is 3.24. The van der Waals surface area contributed by atoms with Crippen molar-refractivity contribution < 1.29 is 60.3 Å². The van der Waals surface area contributed by atoms with Gasteiger partial charge in [-0.3, -0.25) is 4.79 Å². The van der Waals surface area contributed by atoms with Crippen molar-refractivity contribution in [2.45, 2.75) is 55.7 Å². The summed E-state index contributed by atoms with van der Waals surface area (Å²) in [5, 5.41) is 81.7. The number of carbonyl (C=O) groups is 3. The van der Waals surface area contributed by atoms with E-state index in [9.17, 15) is 24.6 Å². The molecule has 1 amide bonds. The average Bonchev–Trinajstić information content (AvgIpc) is 2.67. The molecule has 0 radical (unpaired) electrons. The zero-order chi connectivity index (χ0) is 21.7. The predicted molar refractivity (Wildman–Crippen MR) is 86.0 cm³/mol. The number of hydrogen-bond acceptors (Lipinski definition) is 12. The highest BCUT2D eigenvalue weighted by Crippen LogP contribution is 2.04. The molecule has 10 N–H and O–H groups in total. The average molecular weight is 401 g/mol. The second kappa shape index (κ2) is 14.5. The summed E-state index contributed by atoms with van der Waals surface area (Å²) in [6.07, 6.45) is -11.6. The minimum absolute atomic E-state index is 0.0258. The molecular weight excluding hydrogens is 374 g/mol. The van der Waals surface area contributed by atoms with Crippen LogP contribution in [0.2, 0.25) is 0 Å². The molecule has 0 fully saturated rings. The van der Waals surface area contributed by atoms with Crippen molar-refractivity contribution in [3.05, 3.63) is 0 Å². The molecule has 0 aliphatic carbocycles. The van der Waals surface area contributed by atoms with Gasteiger partial charge in [-0.1, -0.05) is 0 Å². The zero-order valence-electron chi connectivity index (χ0n) is 14.4. The summed E-state index contributed by atoms with van der Waals surface area (Å²) in [5.41, 5.74) is 0. The normalized spacial score (nSPS) is 19.8. The molecule has 8 atom stereocenters. The smallest absolute Gasteiger partial charge is 0.217 e. The van der Waals surface area contributed by atoms with Crippen LogP contribution in [0.3, 0.4) is 0 Å². The molecule has 0 rings (SSSR count). The molecule has 27 heavy (non-hydrogen) atoms. The summed E-state index contributed by atoms with van der Waals surface area (Å²) in [6.45, 7) is -0.383. The van der Waals surface area contributed by atoms with Crippen LogP contribution in [-0.2, 0) is 14.4 Å². The van der Waals surface area contributed by atoms with Crippen molar-refractivity contribution in [2.75, 3.05) is 13.2 Å². The first-order chi connectivity index (χ1) is 12.5. The number of aliphatic hydroxyl groups excluding tert-OH is 9. The SMILES string of the molecule is CC(=O)N[C@@H](C=O)[C@@H](O)[C@H](O)[C@H](O)CO.O=C[C@H](O)[C@@H](O)[C@@H](O)[C@H](O)CO. The molecule has 0 saturated heterocycles. The van der Waals surface area contributed by atoms with Gasteiger partial charge in [0.25, 0.3) is 0 Å². The quantitative estimate of drug-likeness (QED) is 0.145. The van der Waals surface area contributed by atoms with E-state index in [1.54, 1.807) is 0 Å². The molecule has 13 heteroatoms. The highest BCUT2D eigenvalue weighted by molar-refractivity contribution is 5.77. The Hall–Kier alpha value is -1.55. The first kappa shape index (κ1) is 27.7. The van der Waals surface area contributed by atoms with Crippen LogP contribution in [-0.4, -0.2) is 126 Å². The number of aliphatic hydroxyl groups is 9. The maximum absolute atomic E-state index is 10.6. The Labute approximate surface area is 154 Å². The summed E-state index contributed by atoms with van der Waals surface area (Å²) >= 11 is 0. The lowest BCUT2D eigenvalue weighted by atomic mass is 10.0. The minimum atomic E-state index is -1.79. The van der Waals surface area contributed by atoms with Crippen molar-refractivity contribution in [3.8, 4) is 0 Å². The van der Waals surface area contributed by atoms with E-state index < -0.39 is 67.9 Å². The number of aldehydes is 2. The van der Waals surface area contributed by atoms with E-state index in [2.05, 4.69) is 5.32 Å². The van der Waals surface area contributed by atoms with Gasteiger partial charge >= 0.3 is 0 Å². The number of carbonyl (C=O) groups excluding carboxylic acids is 3. The first-order valence-electron chi connectivity index (χ1n) is 7.64. The lowest BCUT2D eigenvalue weighted by molar-refractivity contribution is -0.136. The second-order valence-corrected chi connectivity index (χ2v) is 5.45. The highest BCUT2D eigenvalue weighted by Gasteiger charge is 2.31. The first-order valence-corrected chi connectivity index (χ1v) is 7.64. The molecular formula is C14H27NO12. The van der Waals surface area contributed by atoms with Crippen molar-refractivity contribution in [3.63, 3.8) is 0 Å². The largest absolute Gasteiger partial charge is 0.394 e. The van der Waals surface area contributed by atoms with Crippen LogP contribution in [0.25, 0.3) is 0 Å². The molecule has 0 aromatic rings. The summed E-state index contributed by atoms with van der Waals surface area (Å²) in [6, 6.07) is -1.32. The summed E-state index contributed by atoms with van der Waals surface area (Å²) < 4.78 is 0. The molecule has 0 unspecified atom stereocenters. The van der Waals surface area contributed by atoms with Gasteiger partial charge in [-0.05, 0) is 0 Å². The van der Waals surface area contributed by atoms with Crippen molar-refractivity contribution >= 4 is 18.5 Å². The van der Waals surface area contributed by atoms with Gasteiger partial charge < -0.3 is 60.9 Å². The van der Waals surface area contributed by atoms with Gasteiger partial charge in [0.2, 0.25) is 5.91 Å². The Morgan fingerprint density at radius 1 is 0.778 bits per heavy atom. The predicted octanol–water partition coefficient (Wildman–Crippen LogP) is -6.61. The standard InChI is InChI=1S/C8H15NO6.C6H12O6/c1-4(12)9-5(2-10)7(14)8(15)6(13)3-11;7-1-3(9)5(11)6(12)4(10)2-8/h2,5-8,11,13-15H,3H2,1H3,(H,9,12);1,3-6,8-12H,2H2/t5-,6+,7+,8+;3-,4+,5+,6-/m00/s1. The molecule has 0 aromatic carbocycles. The van der Waals surface area contributed by atoms with Crippen molar-refractivity contribution in [1.82, 2.24) is 5.32 Å². The van der Waals surface area contributed by atoms with Crippen molar-refractivity contribution in [2.24, 2.45) is 0 Å². The van der Waals surface area contributed by atoms with Crippen LogP contribution in [0.15, 0.2) is 0 Å². The number of hydrogen-bond donors (Lipinski definition) is 10. The lowest BCUT2D eigenvalue weighted by Crippen LogP contribution is -2.53. The Morgan fingerprint density at radius 2 is 1.19 bits per heavy atom. The van der Waals surface area contributed by atoms with Gasteiger partial charge in [0.05, 0.1) is 13.2 Å². The molecule has 13 nitrogen and oxygen atoms in total. The Morgan fingerprint density at radius 3 is 1.48 bits per heavy atom. The maximum atomic E-state index is 10.6. The van der Waals surface area contributed by atoms with E-state index in [1.165, 1.54) is 0 Å². The lowest BCUT2D eigenvalue weighted by Gasteiger charge is -2.25. The molecule has 160 valence electrons. The Balaban J connectivity index is 0. The van der Waals surface area contributed by atoms with Gasteiger partial charge in [0.1, 0.15) is 55.1 Å². The van der Waals surface area contributed by atoms with Gasteiger partial charge in [0, 0.05) is 6.92 Å². The Bertz CT molecular complexity index is 436. The van der Waals surface area contributed by atoms with E-state index in [0.717, 1.165) is 6.92 Å². The van der Waals surface area contributed by atoms with Crippen molar-refractivity contribution in [1.29, 1.82) is 0 Å². The highest BCUT2D eigenvalue weighted by atomic mass is 16.4. The molecule has 0 bridgehead atoms. The van der Waals surface area contributed by atoms with Gasteiger partial charge in [0.15, 0.2) is 6.29 Å². The summed E-state index contributed by atoms with van der Waals surface area (Å²) in [5.74, 6) is -0.558. The third-order valence-corrected chi connectivity index (χ3v) is 3.24.